The molecule has 0 saturated carbocycles. The first-order chi connectivity index (χ1) is 7.63. The minimum absolute atomic E-state index is 0.0908. The van der Waals surface area contributed by atoms with Crippen LogP contribution in [0.15, 0.2) is 29.3 Å². The van der Waals surface area contributed by atoms with Gasteiger partial charge in [-0.05, 0) is 24.1 Å². The molecule has 2 rings (SSSR count). The standard InChI is InChI=1S/C11H10N2O2S/c1-2-7-3-5-9(13(14)15)8-4-6-10(16)12-11(7)8/h3-6H,2H2,1H3,(H,12,16). The fourth-order valence-corrected chi connectivity index (χ4v) is 1.87. The van der Waals surface area contributed by atoms with Gasteiger partial charge in [0.05, 0.1) is 20.9 Å². The number of pyridine rings is 1. The van der Waals surface area contributed by atoms with Crippen LogP contribution in [-0.4, -0.2) is 9.91 Å². The van der Waals surface area contributed by atoms with Gasteiger partial charge in [-0.1, -0.05) is 13.0 Å². The lowest BCUT2D eigenvalue weighted by Gasteiger charge is -2.04. The van der Waals surface area contributed by atoms with Gasteiger partial charge in [-0.2, -0.15) is 0 Å². The van der Waals surface area contributed by atoms with Crippen LogP contribution in [0.4, 0.5) is 5.69 Å². The maximum atomic E-state index is 10.9. The van der Waals surface area contributed by atoms with Crippen LogP contribution in [0.25, 0.3) is 10.9 Å². The highest BCUT2D eigenvalue weighted by Crippen LogP contribution is 2.28. The van der Waals surface area contributed by atoms with Crippen LogP contribution in [0, 0.1) is 10.1 Å². The van der Waals surface area contributed by atoms with E-state index in [-0.39, 0.29) is 10.6 Å². The van der Waals surface area contributed by atoms with E-state index in [9.17, 15) is 10.1 Å². The predicted octanol–water partition coefficient (Wildman–Crippen LogP) is 2.99. The van der Waals surface area contributed by atoms with Gasteiger partial charge in [0.15, 0.2) is 0 Å². The summed E-state index contributed by atoms with van der Waals surface area (Å²) in [5.41, 5.74) is 1.76. The molecule has 0 fully saturated rings. The summed E-state index contributed by atoms with van der Waals surface area (Å²) in [7, 11) is 0. The lowest BCUT2D eigenvalue weighted by atomic mass is 10.1. The van der Waals surface area contributed by atoms with E-state index in [0.717, 1.165) is 12.0 Å². The van der Waals surface area contributed by atoms with Crippen molar-refractivity contribution in [3.63, 3.8) is 0 Å². The van der Waals surface area contributed by atoms with Gasteiger partial charge in [-0.3, -0.25) is 10.1 Å². The van der Waals surface area contributed by atoms with E-state index >= 15 is 0 Å². The molecular weight excluding hydrogens is 224 g/mol. The third kappa shape index (κ3) is 1.74. The normalized spacial score (nSPS) is 10.6. The van der Waals surface area contributed by atoms with Crippen LogP contribution in [0.2, 0.25) is 0 Å². The number of aryl methyl sites for hydroxylation is 1. The molecule has 0 aliphatic rings. The molecule has 0 aliphatic carbocycles. The highest BCUT2D eigenvalue weighted by Gasteiger charge is 2.14. The Morgan fingerprint density at radius 2 is 2.12 bits per heavy atom. The van der Waals surface area contributed by atoms with Crippen molar-refractivity contribution in [2.45, 2.75) is 18.4 Å². The van der Waals surface area contributed by atoms with E-state index in [1.165, 1.54) is 6.07 Å². The molecule has 0 atom stereocenters. The predicted molar refractivity (Wildman–Crippen MR) is 65.0 cm³/mol. The summed E-state index contributed by atoms with van der Waals surface area (Å²) in [6.45, 7) is 1.99. The maximum absolute atomic E-state index is 10.9. The molecule has 0 saturated heterocycles. The van der Waals surface area contributed by atoms with E-state index in [0.29, 0.717) is 15.9 Å². The van der Waals surface area contributed by atoms with Crippen molar-refractivity contribution < 1.29 is 4.92 Å². The summed E-state index contributed by atoms with van der Waals surface area (Å²) in [5, 5.41) is 12.0. The van der Waals surface area contributed by atoms with Gasteiger partial charge in [-0.15, -0.1) is 12.6 Å². The van der Waals surface area contributed by atoms with Crippen LogP contribution in [0.3, 0.4) is 0 Å². The third-order valence-corrected chi connectivity index (χ3v) is 2.73. The molecule has 0 aliphatic heterocycles. The molecule has 1 aromatic carbocycles. The Morgan fingerprint density at radius 3 is 2.75 bits per heavy atom. The number of nitro benzene ring substituents is 1. The molecular formula is C11H10N2O2S. The summed E-state index contributed by atoms with van der Waals surface area (Å²) < 4.78 is 0. The Kier molecular flexibility index (Phi) is 2.78. The van der Waals surface area contributed by atoms with E-state index in [2.05, 4.69) is 17.6 Å². The topological polar surface area (TPSA) is 56.0 Å². The Balaban J connectivity index is 2.85. The zero-order chi connectivity index (χ0) is 11.7. The van der Waals surface area contributed by atoms with Gasteiger partial charge in [-0.25, -0.2) is 4.98 Å². The van der Waals surface area contributed by atoms with Gasteiger partial charge < -0.3 is 0 Å². The first-order valence-corrected chi connectivity index (χ1v) is 5.34. The van der Waals surface area contributed by atoms with Crippen LogP contribution in [0.5, 0.6) is 0 Å². The van der Waals surface area contributed by atoms with E-state index in [1.54, 1.807) is 18.2 Å². The number of aromatic nitrogens is 1. The second kappa shape index (κ2) is 4.09. The lowest BCUT2D eigenvalue weighted by molar-refractivity contribution is -0.383. The van der Waals surface area contributed by atoms with Crippen molar-refractivity contribution in [2.24, 2.45) is 0 Å². The van der Waals surface area contributed by atoms with E-state index in [1.807, 2.05) is 6.92 Å². The molecule has 0 radical (unpaired) electrons. The summed E-state index contributed by atoms with van der Waals surface area (Å²) in [5.74, 6) is 0. The molecule has 16 heavy (non-hydrogen) atoms. The monoisotopic (exact) mass is 234 g/mol. The maximum Gasteiger partial charge on any atom is 0.278 e. The van der Waals surface area contributed by atoms with E-state index < -0.39 is 0 Å². The number of benzene rings is 1. The summed E-state index contributed by atoms with van der Waals surface area (Å²) in [6.07, 6.45) is 0.790. The molecule has 82 valence electrons. The van der Waals surface area contributed by atoms with Gasteiger partial charge in [0.25, 0.3) is 5.69 Å². The lowest BCUT2D eigenvalue weighted by Crippen LogP contribution is -1.94. The van der Waals surface area contributed by atoms with Crippen LogP contribution < -0.4 is 0 Å². The second-order valence-electron chi connectivity index (χ2n) is 3.42. The van der Waals surface area contributed by atoms with Gasteiger partial charge in [0, 0.05) is 6.07 Å². The molecule has 5 heteroatoms. The minimum atomic E-state index is -0.387. The number of hydrogen-bond donors (Lipinski definition) is 1. The van der Waals surface area contributed by atoms with Crippen molar-refractivity contribution in [1.82, 2.24) is 4.98 Å². The molecule has 0 N–H and O–H groups in total. The number of thiol groups is 1. The summed E-state index contributed by atoms with van der Waals surface area (Å²) in [6, 6.07) is 6.64. The number of fused-ring (bicyclic) bond motifs is 1. The first-order valence-electron chi connectivity index (χ1n) is 4.89. The van der Waals surface area contributed by atoms with Gasteiger partial charge in [0.1, 0.15) is 0 Å². The molecule has 1 aromatic heterocycles. The Hall–Kier alpha value is -1.62. The number of hydrogen-bond acceptors (Lipinski definition) is 4. The van der Waals surface area contributed by atoms with Crippen molar-refractivity contribution >= 4 is 29.2 Å². The average Bonchev–Trinajstić information content (AvgIpc) is 2.27. The SMILES string of the molecule is CCc1ccc([N+](=O)[O-])c2ccc(S)nc12. The van der Waals surface area contributed by atoms with Gasteiger partial charge in [0.2, 0.25) is 0 Å². The number of nitro groups is 1. The molecule has 1 heterocycles. The zero-order valence-electron chi connectivity index (χ0n) is 8.67. The molecule has 0 amide bonds. The van der Waals surface area contributed by atoms with Crippen LogP contribution >= 0.6 is 12.6 Å². The number of rotatable bonds is 2. The highest BCUT2D eigenvalue weighted by molar-refractivity contribution is 7.80. The van der Waals surface area contributed by atoms with Crippen molar-refractivity contribution in [3.8, 4) is 0 Å². The summed E-state index contributed by atoms with van der Waals surface area (Å²) in [4.78, 5) is 14.7. The number of nitrogens with zero attached hydrogens (tertiary/aromatic N) is 2. The van der Waals surface area contributed by atoms with Crippen molar-refractivity contribution in [2.75, 3.05) is 0 Å². The fraction of sp³-hybridized carbons (Fsp3) is 0.182. The average molecular weight is 234 g/mol. The van der Waals surface area contributed by atoms with Crippen molar-refractivity contribution in [1.29, 1.82) is 0 Å². The zero-order valence-corrected chi connectivity index (χ0v) is 9.57. The second-order valence-corrected chi connectivity index (χ2v) is 3.88. The first kappa shape index (κ1) is 10.9. The van der Waals surface area contributed by atoms with Crippen LogP contribution in [0.1, 0.15) is 12.5 Å². The Labute approximate surface area is 97.9 Å². The molecule has 0 bridgehead atoms. The Morgan fingerprint density at radius 1 is 1.38 bits per heavy atom. The third-order valence-electron chi connectivity index (χ3n) is 2.48. The van der Waals surface area contributed by atoms with Crippen molar-refractivity contribution in [3.05, 3.63) is 39.9 Å². The summed E-state index contributed by atoms with van der Waals surface area (Å²) >= 11 is 4.15. The number of non-ortho nitro benzene ring substituents is 1. The van der Waals surface area contributed by atoms with Crippen LogP contribution in [-0.2, 0) is 6.42 Å². The van der Waals surface area contributed by atoms with E-state index in [4.69, 9.17) is 0 Å². The fourth-order valence-electron chi connectivity index (χ4n) is 1.69. The Bertz CT molecular complexity index is 569. The largest absolute Gasteiger partial charge is 0.278 e. The highest BCUT2D eigenvalue weighted by atomic mass is 32.1. The minimum Gasteiger partial charge on any atom is -0.258 e. The molecule has 0 unspecified atom stereocenters. The quantitative estimate of drug-likeness (QED) is 0.493. The smallest absolute Gasteiger partial charge is 0.258 e. The van der Waals surface area contributed by atoms with Gasteiger partial charge >= 0.3 is 0 Å². The molecule has 2 aromatic rings. The molecule has 4 nitrogen and oxygen atoms in total. The molecule has 0 spiro atoms.